The van der Waals surface area contributed by atoms with E-state index in [4.69, 9.17) is 5.73 Å². The van der Waals surface area contributed by atoms with Gasteiger partial charge in [-0.05, 0) is 23.5 Å². The number of primary amides is 1. The van der Waals surface area contributed by atoms with Crippen molar-refractivity contribution >= 4 is 6.03 Å². The lowest BCUT2D eigenvalue weighted by Gasteiger charge is -2.18. The van der Waals surface area contributed by atoms with Crippen LogP contribution in [0.25, 0.3) is 0 Å². The van der Waals surface area contributed by atoms with Gasteiger partial charge in [-0.15, -0.1) is 0 Å². The molecule has 18 heavy (non-hydrogen) atoms. The molecule has 100 valence electrons. The molecule has 0 fully saturated rings. The Bertz CT molecular complexity index is 387. The van der Waals surface area contributed by atoms with Crippen molar-refractivity contribution in [3.63, 3.8) is 0 Å². The second-order valence-electron chi connectivity index (χ2n) is 5.16. The maximum Gasteiger partial charge on any atom is 0.338 e. The van der Waals surface area contributed by atoms with Crippen LogP contribution in [-0.2, 0) is 6.42 Å². The first kappa shape index (κ1) is 14.5. The van der Waals surface area contributed by atoms with Crippen LogP contribution in [0.2, 0.25) is 0 Å². The van der Waals surface area contributed by atoms with Gasteiger partial charge in [0.15, 0.2) is 0 Å². The third kappa shape index (κ3) is 4.37. The quantitative estimate of drug-likeness (QED) is 0.623. The Morgan fingerprint density at radius 1 is 1.28 bits per heavy atom. The summed E-state index contributed by atoms with van der Waals surface area (Å²) in [4.78, 5) is 10.7. The molecule has 0 saturated carbocycles. The fraction of sp³-hybridized carbons (Fsp3) is 0.500. The summed E-state index contributed by atoms with van der Waals surface area (Å²) in [7, 11) is 0. The van der Waals surface area contributed by atoms with Gasteiger partial charge in [-0.1, -0.05) is 45.0 Å². The Balaban J connectivity index is 2.64. The van der Waals surface area contributed by atoms with Gasteiger partial charge in [0.2, 0.25) is 0 Å². The molecule has 0 aliphatic carbocycles. The van der Waals surface area contributed by atoms with Gasteiger partial charge in [-0.25, -0.2) is 9.86 Å². The van der Waals surface area contributed by atoms with Gasteiger partial charge in [0.05, 0.1) is 6.54 Å². The second kappa shape index (κ2) is 6.40. The van der Waals surface area contributed by atoms with Crippen molar-refractivity contribution in [1.29, 1.82) is 0 Å². The monoisotopic (exact) mass is 250 g/mol. The number of hydrogen-bond acceptors (Lipinski definition) is 2. The molecule has 2 amide bonds. The number of nitrogens with zero attached hydrogens (tertiary/aromatic N) is 1. The Morgan fingerprint density at radius 3 is 2.28 bits per heavy atom. The Morgan fingerprint density at radius 2 is 1.83 bits per heavy atom. The Kier molecular flexibility index (Phi) is 5.16. The van der Waals surface area contributed by atoms with Crippen LogP contribution in [0.1, 0.15) is 37.8 Å². The minimum absolute atomic E-state index is 0.0515. The minimum Gasteiger partial charge on any atom is -0.350 e. The van der Waals surface area contributed by atoms with Crippen LogP contribution in [0.5, 0.6) is 0 Å². The zero-order valence-corrected chi connectivity index (χ0v) is 11.3. The van der Waals surface area contributed by atoms with Crippen molar-refractivity contribution < 1.29 is 10.0 Å². The first-order chi connectivity index (χ1) is 8.40. The average Bonchev–Trinajstić information content (AvgIpc) is 2.28. The van der Waals surface area contributed by atoms with Crippen LogP contribution < -0.4 is 5.73 Å². The molecule has 0 aromatic heterocycles. The smallest absolute Gasteiger partial charge is 0.338 e. The number of hydroxylamine groups is 2. The Labute approximate surface area is 108 Å². The first-order valence-corrected chi connectivity index (χ1v) is 6.24. The fourth-order valence-corrected chi connectivity index (χ4v) is 1.91. The molecule has 1 aromatic carbocycles. The average molecular weight is 250 g/mol. The lowest BCUT2D eigenvalue weighted by Crippen LogP contribution is -2.35. The molecule has 0 bridgehead atoms. The molecule has 1 atom stereocenters. The lowest BCUT2D eigenvalue weighted by atomic mass is 9.97. The molecule has 4 heteroatoms. The molecule has 0 aliphatic heterocycles. The summed E-state index contributed by atoms with van der Waals surface area (Å²) in [5, 5.41) is 9.84. The number of carbonyl (C=O) groups is 1. The number of hydrogen-bond donors (Lipinski definition) is 2. The van der Waals surface area contributed by atoms with Gasteiger partial charge in [0.25, 0.3) is 0 Å². The van der Waals surface area contributed by atoms with Crippen LogP contribution in [-0.4, -0.2) is 22.8 Å². The summed E-state index contributed by atoms with van der Waals surface area (Å²) >= 11 is 0. The van der Waals surface area contributed by atoms with Crippen molar-refractivity contribution in [2.45, 2.75) is 33.1 Å². The molecule has 0 spiro atoms. The third-order valence-electron chi connectivity index (χ3n) is 2.89. The van der Waals surface area contributed by atoms with Crippen LogP contribution >= 0.6 is 0 Å². The highest BCUT2D eigenvalue weighted by atomic mass is 16.5. The van der Waals surface area contributed by atoms with Gasteiger partial charge in [-0.2, -0.15) is 0 Å². The largest absolute Gasteiger partial charge is 0.350 e. The zero-order chi connectivity index (χ0) is 13.7. The number of amides is 2. The van der Waals surface area contributed by atoms with Crippen LogP contribution in [0, 0.1) is 5.92 Å². The predicted molar refractivity (Wildman–Crippen MR) is 71.5 cm³/mol. The van der Waals surface area contributed by atoms with E-state index in [2.05, 4.69) is 26.0 Å². The molecule has 1 unspecified atom stereocenters. The molecule has 0 heterocycles. The minimum atomic E-state index is -0.821. The van der Waals surface area contributed by atoms with Crippen LogP contribution in [0.4, 0.5) is 4.79 Å². The maximum absolute atomic E-state index is 10.7. The van der Waals surface area contributed by atoms with Gasteiger partial charge in [0, 0.05) is 5.92 Å². The van der Waals surface area contributed by atoms with Gasteiger partial charge in [-0.3, -0.25) is 5.21 Å². The van der Waals surface area contributed by atoms with E-state index in [1.54, 1.807) is 0 Å². The zero-order valence-electron chi connectivity index (χ0n) is 11.3. The van der Waals surface area contributed by atoms with Gasteiger partial charge < -0.3 is 5.73 Å². The molecule has 1 rings (SSSR count). The van der Waals surface area contributed by atoms with Crippen LogP contribution in [0.3, 0.4) is 0 Å². The molecule has 3 N–H and O–H groups in total. The van der Waals surface area contributed by atoms with E-state index >= 15 is 0 Å². The molecule has 0 radical (unpaired) electrons. The van der Waals surface area contributed by atoms with E-state index in [1.165, 1.54) is 5.56 Å². The summed E-state index contributed by atoms with van der Waals surface area (Å²) in [5.74, 6) is 0.687. The fourth-order valence-electron chi connectivity index (χ4n) is 1.91. The number of benzene rings is 1. The second-order valence-corrected chi connectivity index (χ2v) is 5.16. The maximum atomic E-state index is 10.7. The topological polar surface area (TPSA) is 66.6 Å². The summed E-state index contributed by atoms with van der Waals surface area (Å²) in [6.45, 7) is 6.53. The van der Waals surface area contributed by atoms with Gasteiger partial charge in [0.1, 0.15) is 0 Å². The molecular weight excluding hydrogens is 228 g/mol. The molecule has 4 nitrogen and oxygen atoms in total. The van der Waals surface area contributed by atoms with E-state index in [9.17, 15) is 10.0 Å². The lowest BCUT2D eigenvalue weighted by molar-refractivity contribution is -0.0427. The van der Waals surface area contributed by atoms with Crippen molar-refractivity contribution in [1.82, 2.24) is 5.06 Å². The van der Waals surface area contributed by atoms with Crippen molar-refractivity contribution in [3.8, 4) is 0 Å². The SMILES string of the molecule is CC(C)Cc1ccc(C(C)CN(O)C(N)=O)cc1. The first-order valence-electron chi connectivity index (χ1n) is 6.24. The van der Waals surface area contributed by atoms with E-state index in [1.807, 2.05) is 19.1 Å². The van der Waals surface area contributed by atoms with E-state index in [-0.39, 0.29) is 12.5 Å². The third-order valence-corrected chi connectivity index (χ3v) is 2.89. The molecular formula is C14H22N2O2. The highest BCUT2D eigenvalue weighted by molar-refractivity contribution is 5.70. The van der Waals surface area contributed by atoms with Crippen molar-refractivity contribution in [3.05, 3.63) is 35.4 Å². The van der Waals surface area contributed by atoms with E-state index in [0.29, 0.717) is 11.0 Å². The van der Waals surface area contributed by atoms with Crippen molar-refractivity contribution in [2.24, 2.45) is 11.7 Å². The van der Waals surface area contributed by atoms with Crippen molar-refractivity contribution in [2.75, 3.05) is 6.54 Å². The highest BCUT2D eigenvalue weighted by Gasteiger charge is 2.13. The predicted octanol–water partition coefficient (Wildman–Crippen LogP) is 2.76. The number of rotatable bonds is 5. The summed E-state index contributed by atoms with van der Waals surface area (Å²) in [6.07, 6.45) is 1.06. The van der Waals surface area contributed by atoms with E-state index in [0.717, 1.165) is 12.0 Å². The summed E-state index contributed by atoms with van der Waals surface area (Å²) in [6, 6.07) is 7.45. The van der Waals surface area contributed by atoms with E-state index < -0.39 is 6.03 Å². The number of nitrogens with two attached hydrogens (primary N) is 1. The highest BCUT2D eigenvalue weighted by Crippen LogP contribution is 2.18. The normalized spacial score (nSPS) is 12.5. The number of carbonyl (C=O) groups excluding carboxylic acids is 1. The summed E-state index contributed by atoms with van der Waals surface area (Å²) in [5.41, 5.74) is 7.37. The molecule has 0 saturated heterocycles. The standard InChI is InChI=1S/C14H22N2O2/c1-10(2)8-12-4-6-13(7-5-12)11(3)9-16(18)14(15)17/h4-7,10-11,18H,8-9H2,1-3H3,(H2,15,17). The summed E-state index contributed by atoms with van der Waals surface area (Å²) < 4.78 is 0. The number of urea groups is 1. The molecule has 0 aliphatic rings. The molecule has 1 aromatic rings. The van der Waals surface area contributed by atoms with Crippen LogP contribution in [0.15, 0.2) is 24.3 Å². The Hall–Kier alpha value is -1.55. The van der Waals surface area contributed by atoms with Gasteiger partial charge >= 0.3 is 6.03 Å².